The minimum Gasteiger partial charge on any atom is -0.326 e. The molecule has 2 aliphatic rings. The zero-order valence-electron chi connectivity index (χ0n) is 8.25. The highest BCUT2D eigenvalue weighted by Crippen LogP contribution is 2.37. The van der Waals surface area contributed by atoms with Crippen molar-refractivity contribution in [1.82, 2.24) is 10.2 Å². The number of nitrogens with two attached hydrogens (primary N) is 1. The van der Waals surface area contributed by atoms with Crippen molar-refractivity contribution in [3.8, 4) is 0 Å². The molecule has 1 saturated carbocycles. The van der Waals surface area contributed by atoms with Gasteiger partial charge in [-0.15, -0.1) is 0 Å². The van der Waals surface area contributed by atoms with Crippen LogP contribution in [0.4, 0.5) is 4.79 Å². The number of nitrogens with zero attached hydrogens (tertiary/aromatic N) is 1. The Balaban J connectivity index is 2.12. The van der Waals surface area contributed by atoms with Gasteiger partial charge in [0.2, 0.25) is 0 Å². The van der Waals surface area contributed by atoms with Gasteiger partial charge in [-0.25, -0.2) is 4.79 Å². The van der Waals surface area contributed by atoms with Crippen LogP contribution in [0.1, 0.15) is 26.2 Å². The number of amides is 3. The smallest absolute Gasteiger partial charge is 0.325 e. The molecular formula is C9H15N3O2. The predicted octanol–water partition coefficient (Wildman–Crippen LogP) is -0.192. The van der Waals surface area contributed by atoms with Gasteiger partial charge in [-0.05, 0) is 26.2 Å². The predicted molar refractivity (Wildman–Crippen MR) is 50.5 cm³/mol. The van der Waals surface area contributed by atoms with Crippen LogP contribution in [-0.2, 0) is 4.79 Å². The van der Waals surface area contributed by atoms with Crippen molar-refractivity contribution in [1.29, 1.82) is 0 Å². The van der Waals surface area contributed by atoms with E-state index < -0.39 is 5.54 Å². The van der Waals surface area contributed by atoms with E-state index in [0.29, 0.717) is 6.54 Å². The number of urea groups is 1. The Morgan fingerprint density at radius 2 is 2.21 bits per heavy atom. The lowest BCUT2D eigenvalue weighted by Gasteiger charge is -2.35. The topological polar surface area (TPSA) is 75.4 Å². The molecule has 0 bridgehead atoms. The number of imide groups is 1. The van der Waals surface area contributed by atoms with Gasteiger partial charge in [-0.3, -0.25) is 9.69 Å². The Kier molecular flexibility index (Phi) is 1.99. The summed E-state index contributed by atoms with van der Waals surface area (Å²) >= 11 is 0. The fourth-order valence-electron chi connectivity index (χ4n) is 2.00. The molecule has 0 aromatic carbocycles. The molecule has 0 aromatic rings. The molecule has 14 heavy (non-hydrogen) atoms. The number of hydrogen-bond acceptors (Lipinski definition) is 3. The lowest BCUT2D eigenvalue weighted by molar-refractivity contribution is -0.134. The van der Waals surface area contributed by atoms with Crippen LogP contribution in [-0.4, -0.2) is 35.0 Å². The maximum absolute atomic E-state index is 11.8. The summed E-state index contributed by atoms with van der Waals surface area (Å²) in [6.07, 6.45) is 2.55. The molecule has 1 unspecified atom stereocenters. The summed E-state index contributed by atoms with van der Waals surface area (Å²) in [5, 5.41) is 2.75. The second kappa shape index (κ2) is 2.95. The number of hydrogen-bond donors (Lipinski definition) is 2. The summed E-state index contributed by atoms with van der Waals surface area (Å²) in [5.74, 6) is -0.0916. The van der Waals surface area contributed by atoms with Crippen molar-refractivity contribution in [2.24, 2.45) is 5.73 Å². The van der Waals surface area contributed by atoms with E-state index in [2.05, 4.69) is 5.32 Å². The molecule has 1 atom stereocenters. The number of carbonyl (C=O) groups excluding carboxylic acids is 2. The Morgan fingerprint density at radius 3 is 2.57 bits per heavy atom. The average Bonchev–Trinajstić information content (AvgIpc) is 2.27. The van der Waals surface area contributed by atoms with Crippen LogP contribution in [0.5, 0.6) is 0 Å². The SMILES string of the molecule is CC(N)CN1C(=O)NC2(CCC2)C1=O. The van der Waals surface area contributed by atoms with Crippen LogP contribution >= 0.6 is 0 Å². The van der Waals surface area contributed by atoms with E-state index in [9.17, 15) is 9.59 Å². The zero-order chi connectivity index (χ0) is 10.3. The fourth-order valence-corrected chi connectivity index (χ4v) is 2.00. The average molecular weight is 197 g/mol. The van der Waals surface area contributed by atoms with Crippen molar-refractivity contribution in [3.63, 3.8) is 0 Å². The quantitative estimate of drug-likeness (QED) is 0.602. The Bertz CT molecular complexity index is 284. The van der Waals surface area contributed by atoms with Gasteiger partial charge in [0, 0.05) is 12.6 Å². The Morgan fingerprint density at radius 1 is 1.57 bits per heavy atom. The number of carbonyl (C=O) groups is 2. The van der Waals surface area contributed by atoms with E-state index in [-0.39, 0.29) is 18.0 Å². The minimum atomic E-state index is -0.564. The summed E-state index contributed by atoms with van der Waals surface area (Å²) < 4.78 is 0. The molecule has 0 radical (unpaired) electrons. The normalized spacial score (nSPS) is 26.3. The number of rotatable bonds is 2. The molecule has 3 amide bonds. The van der Waals surface area contributed by atoms with Crippen molar-refractivity contribution >= 4 is 11.9 Å². The first-order chi connectivity index (χ1) is 6.55. The van der Waals surface area contributed by atoms with Crippen LogP contribution in [0.25, 0.3) is 0 Å². The van der Waals surface area contributed by atoms with Gasteiger partial charge in [-0.1, -0.05) is 0 Å². The summed E-state index contributed by atoms with van der Waals surface area (Å²) in [5.41, 5.74) is 5.01. The molecule has 0 aromatic heterocycles. The molecule has 2 rings (SSSR count). The van der Waals surface area contributed by atoms with Gasteiger partial charge in [0.1, 0.15) is 5.54 Å². The summed E-state index contributed by atoms with van der Waals surface area (Å²) in [4.78, 5) is 24.5. The van der Waals surface area contributed by atoms with Crippen molar-refractivity contribution in [2.75, 3.05) is 6.54 Å². The van der Waals surface area contributed by atoms with E-state index in [1.807, 2.05) is 0 Å². The highest BCUT2D eigenvalue weighted by atomic mass is 16.2. The van der Waals surface area contributed by atoms with Gasteiger partial charge in [-0.2, -0.15) is 0 Å². The van der Waals surface area contributed by atoms with E-state index in [4.69, 9.17) is 5.73 Å². The monoisotopic (exact) mass is 197 g/mol. The molecular weight excluding hydrogens is 182 g/mol. The third-order valence-electron chi connectivity index (χ3n) is 2.92. The lowest BCUT2D eigenvalue weighted by atomic mass is 9.77. The van der Waals surface area contributed by atoms with E-state index in [0.717, 1.165) is 19.3 Å². The molecule has 5 nitrogen and oxygen atoms in total. The van der Waals surface area contributed by atoms with Gasteiger partial charge in [0.25, 0.3) is 5.91 Å². The maximum Gasteiger partial charge on any atom is 0.325 e. The van der Waals surface area contributed by atoms with Crippen LogP contribution < -0.4 is 11.1 Å². The summed E-state index contributed by atoms with van der Waals surface area (Å²) in [7, 11) is 0. The first-order valence-corrected chi connectivity index (χ1v) is 4.95. The maximum atomic E-state index is 11.8. The largest absolute Gasteiger partial charge is 0.326 e. The first-order valence-electron chi connectivity index (χ1n) is 4.95. The van der Waals surface area contributed by atoms with Gasteiger partial charge < -0.3 is 11.1 Å². The molecule has 1 spiro atoms. The standard InChI is InChI=1S/C9H15N3O2/c1-6(10)5-12-7(13)9(3-2-4-9)11-8(12)14/h6H,2-5,10H2,1H3,(H,11,14). The van der Waals surface area contributed by atoms with E-state index in [1.165, 1.54) is 4.90 Å². The second-order valence-electron chi connectivity index (χ2n) is 4.26. The third-order valence-corrected chi connectivity index (χ3v) is 2.92. The van der Waals surface area contributed by atoms with E-state index >= 15 is 0 Å². The Labute approximate surface area is 82.6 Å². The van der Waals surface area contributed by atoms with Gasteiger partial charge >= 0.3 is 6.03 Å². The Hall–Kier alpha value is -1.10. The molecule has 3 N–H and O–H groups in total. The molecule has 1 heterocycles. The van der Waals surface area contributed by atoms with Crippen LogP contribution in [0.15, 0.2) is 0 Å². The van der Waals surface area contributed by atoms with E-state index in [1.54, 1.807) is 6.92 Å². The van der Waals surface area contributed by atoms with Crippen LogP contribution in [0.3, 0.4) is 0 Å². The summed E-state index contributed by atoms with van der Waals surface area (Å²) in [6, 6.07) is -0.452. The zero-order valence-corrected chi connectivity index (χ0v) is 8.25. The molecule has 1 saturated heterocycles. The van der Waals surface area contributed by atoms with Crippen LogP contribution in [0.2, 0.25) is 0 Å². The lowest BCUT2D eigenvalue weighted by Crippen LogP contribution is -2.52. The molecule has 1 aliphatic carbocycles. The van der Waals surface area contributed by atoms with Gasteiger partial charge in [0.15, 0.2) is 0 Å². The van der Waals surface area contributed by atoms with Crippen molar-refractivity contribution < 1.29 is 9.59 Å². The molecule has 78 valence electrons. The highest BCUT2D eigenvalue weighted by molar-refractivity contribution is 6.07. The van der Waals surface area contributed by atoms with Crippen LogP contribution in [0, 0.1) is 0 Å². The molecule has 1 aliphatic heterocycles. The third kappa shape index (κ3) is 1.19. The van der Waals surface area contributed by atoms with Crippen molar-refractivity contribution in [3.05, 3.63) is 0 Å². The number of nitrogens with one attached hydrogen (secondary N) is 1. The second-order valence-corrected chi connectivity index (χ2v) is 4.26. The summed E-state index contributed by atoms with van der Waals surface area (Å²) in [6.45, 7) is 2.10. The highest BCUT2D eigenvalue weighted by Gasteiger charge is 2.54. The first kappa shape index (κ1) is 9.45. The van der Waals surface area contributed by atoms with Gasteiger partial charge in [0.05, 0.1) is 0 Å². The van der Waals surface area contributed by atoms with Crippen molar-refractivity contribution in [2.45, 2.75) is 37.8 Å². The minimum absolute atomic E-state index is 0.0916. The molecule has 2 fully saturated rings. The fraction of sp³-hybridized carbons (Fsp3) is 0.778. The molecule has 5 heteroatoms.